The first kappa shape index (κ1) is 49.9. The Balaban J connectivity index is 0.614. The molecule has 2 amide bonds. The van der Waals surface area contributed by atoms with Crippen molar-refractivity contribution in [3.63, 3.8) is 0 Å². The molecule has 3 aromatic heterocycles. The lowest BCUT2D eigenvalue weighted by molar-refractivity contribution is -0.135. The molecular formula is C59H68F2N12O4. The summed E-state index contributed by atoms with van der Waals surface area (Å²) in [6.45, 7) is 10.7. The highest BCUT2D eigenvalue weighted by atomic mass is 19.1. The normalized spacial score (nSPS) is 24.5. The van der Waals surface area contributed by atoms with Crippen molar-refractivity contribution >= 4 is 62.0 Å². The molecule has 77 heavy (non-hydrogen) atoms. The summed E-state index contributed by atoms with van der Waals surface area (Å²) in [6.07, 6.45) is 19.7. The number of fused-ring (bicyclic) bond motifs is 5. The highest BCUT2D eigenvalue weighted by Crippen LogP contribution is 2.41. The van der Waals surface area contributed by atoms with Gasteiger partial charge in [0.05, 0.1) is 22.0 Å². The van der Waals surface area contributed by atoms with Crippen molar-refractivity contribution in [2.45, 2.75) is 101 Å². The monoisotopic (exact) mass is 1050 g/mol. The number of rotatable bonds is 10. The van der Waals surface area contributed by atoms with Crippen LogP contribution in [0.2, 0.25) is 0 Å². The van der Waals surface area contributed by atoms with Crippen molar-refractivity contribution in [3.05, 3.63) is 76.3 Å². The lowest BCUT2D eigenvalue weighted by Crippen LogP contribution is -2.51. The molecule has 0 radical (unpaired) electrons. The third kappa shape index (κ3) is 9.35. The quantitative estimate of drug-likeness (QED) is 0.0985. The van der Waals surface area contributed by atoms with E-state index in [-0.39, 0.29) is 46.1 Å². The number of nitrogens with zero attached hydrogens (tertiary/aromatic N) is 10. The number of halogens is 2. The third-order valence-electron chi connectivity index (χ3n) is 18.7. The fraction of sp³-hybridized carbons (Fsp3) is 0.525. The Bertz CT molecular complexity index is 3390. The maximum Gasteiger partial charge on any atom is 0.329 e. The number of phenols is 1. The first-order valence-electron chi connectivity index (χ1n) is 28.2. The van der Waals surface area contributed by atoms with Crippen LogP contribution in [0.5, 0.6) is 5.75 Å². The number of carbonyl (C=O) groups excluding carboxylic acids is 2. The number of imide groups is 1. The summed E-state index contributed by atoms with van der Waals surface area (Å²) in [7, 11) is 1.75. The highest BCUT2D eigenvalue weighted by Gasteiger charge is 2.38. The molecule has 2 bridgehead atoms. The zero-order valence-electron chi connectivity index (χ0n) is 43.9. The number of aryl methyl sites for hydroxylation is 1. The Morgan fingerprint density at radius 2 is 1.49 bits per heavy atom. The van der Waals surface area contributed by atoms with E-state index in [1.165, 1.54) is 69.5 Å². The predicted octanol–water partition coefficient (Wildman–Crippen LogP) is 6.69. The van der Waals surface area contributed by atoms with E-state index in [2.05, 4.69) is 58.2 Å². The Morgan fingerprint density at radius 3 is 2.23 bits per heavy atom. The minimum Gasteiger partial charge on any atom is -0.508 e. The second kappa shape index (κ2) is 20.3. The second-order valence-corrected chi connectivity index (χ2v) is 23.4. The molecule has 10 heterocycles. The van der Waals surface area contributed by atoms with Gasteiger partial charge in [0, 0.05) is 100 Å². The fourth-order valence-electron chi connectivity index (χ4n) is 14.5. The number of hydrogen-bond acceptors (Lipinski definition) is 13. The van der Waals surface area contributed by atoms with Crippen molar-refractivity contribution < 1.29 is 23.5 Å². The van der Waals surface area contributed by atoms with Crippen molar-refractivity contribution in [2.75, 3.05) is 86.7 Å². The SMILES string of the molecule is C#Cc1c(F)ccc2cc(O)cc(-c3ncc4c(N5CC6CCC(C5)N6)nc(N5CC[C@@H](N6CCC(CC7CCN(CC8CCN(c9ccc%10c(c9)n(C)c(=O)n%10C9CCC(=O)NC9=O)CC8)CC7)CC6)C5)nc4c3F)c12. The number of piperazine rings is 1. The van der Waals surface area contributed by atoms with E-state index in [9.17, 15) is 19.5 Å². The van der Waals surface area contributed by atoms with Crippen LogP contribution in [-0.4, -0.2) is 141 Å². The molecule has 4 atom stereocenters. The number of likely N-dealkylation sites (tertiary alicyclic amines) is 2. The first-order chi connectivity index (χ1) is 37.4. The van der Waals surface area contributed by atoms with E-state index >= 15 is 8.78 Å². The zero-order valence-corrected chi connectivity index (χ0v) is 43.9. The Hall–Kier alpha value is -6.68. The summed E-state index contributed by atoms with van der Waals surface area (Å²) in [5.41, 5.74) is 2.67. The van der Waals surface area contributed by atoms with Gasteiger partial charge in [-0.3, -0.25) is 33.9 Å². The van der Waals surface area contributed by atoms with Crippen LogP contribution in [-0.2, 0) is 16.6 Å². The van der Waals surface area contributed by atoms with Crippen molar-refractivity contribution in [2.24, 2.45) is 24.8 Å². The molecule has 0 saturated carbocycles. The Kier molecular flexibility index (Phi) is 13.1. The van der Waals surface area contributed by atoms with Crippen LogP contribution in [0.1, 0.15) is 88.7 Å². The Morgan fingerprint density at radius 1 is 0.766 bits per heavy atom. The van der Waals surface area contributed by atoms with E-state index < -0.39 is 23.6 Å². The Labute approximate surface area is 446 Å². The summed E-state index contributed by atoms with van der Waals surface area (Å²) in [4.78, 5) is 64.9. The molecule has 18 heteroatoms. The van der Waals surface area contributed by atoms with Crippen LogP contribution >= 0.6 is 0 Å². The van der Waals surface area contributed by atoms with E-state index in [0.717, 1.165) is 120 Å². The molecular weight excluding hydrogens is 979 g/mol. The summed E-state index contributed by atoms with van der Waals surface area (Å²) in [5, 5.41) is 18.2. The number of pyridine rings is 1. The molecule has 0 aliphatic carbocycles. The number of aromatic hydroxyl groups is 1. The van der Waals surface area contributed by atoms with Gasteiger partial charge in [0.15, 0.2) is 5.82 Å². The average molecular weight is 1050 g/mol. The standard InChI is InChI=1S/C59H68F2N12O4/c1-3-44-47(60)8-4-38-27-43(74)29-45(52(38)44)54-53(61)55-46(30-62-54)56(72-32-39-5-6-40(33-72)63-39)66-58(65-55)71-25-18-42(34-71)70-21-14-36(15-22-70)26-35-12-19-68(20-13-35)31-37-16-23-69(24-17-37)41-7-9-48-50(28-41)67(2)59(77)73(48)49-10-11-51(75)64-57(49)76/h1,4,7-9,27-30,35-37,39-40,42,49,63,74H,5-6,10-26,31-34H2,2H3,(H,64,75,76)/t39?,40?,42-,49?/m1/s1. The number of amides is 2. The van der Waals surface area contributed by atoms with Crippen LogP contribution in [0.25, 0.3) is 44.0 Å². The maximum atomic E-state index is 17.3. The van der Waals surface area contributed by atoms with Gasteiger partial charge >= 0.3 is 5.69 Å². The molecule has 13 rings (SSSR count). The number of nitrogens with one attached hydrogen (secondary N) is 2. The summed E-state index contributed by atoms with van der Waals surface area (Å²) in [6, 6.07) is 12.1. The topological polar surface area (TPSA) is 160 Å². The summed E-state index contributed by atoms with van der Waals surface area (Å²) >= 11 is 0. The number of piperidine rings is 4. The highest BCUT2D eigenvalue weighted by molar-refractivity contribution is 6.03. The first-order valence-corrected chi connectivity index (χ1v) is 28.2. The summed E-state index contributed by atoms with van der Waals surface area (Å²) in [5.74, 6) is 3.73. The molecule has 402 valence electrons. The van der Waals surface area contributed by atoms with Crippen molar-refractivity contribution in [3.8, 4) is 29.4 Å². The van der Waals surface area contributed by atoms with E-state index in [0.29, 0.717) is 58.4 Å². The van der Waals surface area contributed by atoms with Gasteiger partial charge in [0.1, 0.15) is 34.6 Å². The molecule has 3 aromatic carbocycles. The minimum absolute atomic E-state index is 0.0120. The van der Waals surface area contributed by atoms with Gasteiger partial charge < -0.3 is 30.0 Å². The molecule has 3 unspecified atom stereocenters. The minimum atomic E-state index is -0.686. The summed E-state index contributed by atoms with van der Waals surface area (Å²) < 4.78 is 35.6. The number of anilines is 3. The van der Waals surface area contributed by atoms with Crippen molar-refractivity contribution in [1.82, 2.24) is 44.5 Å². The molecule has 16 nitrogen and oxygen atoms in total. The van der Waals surface area contributed by atoms with Gasteiger partial charge in [-0.1, -0.05) is 12.0 Å². The van der Waals surface area contributed by atoms with Gasteiger partial charge in [-0.25, -0.2) is 18.6 Å². The molecule has 7 aliphatic heterocycles. The van der Waals surface area contributed by atoms with Crippen LogP contribution < -0.4 is 31.0 Å². The number of hydrogen-bond donors (Lipinski definition) is 3. The number of carbonyl (C=O) groups is 2. The third-order valence-corrected chi connectivity index (χ3v) is 18.7. The maximum absolute atomic E-state index is 17.3. The molecule has 7 saturated heterocycles. The van der Waals surface area contributed by atoms with E-state index in [1.807, 2.05) is 6.07 Å². The molecule has 0 spiro atoms. The average Bonchev–Trinajstić information content (AvgIpc) is 4.16. The van der Waals surface area contributed by atoms with Gasteiger partial charge in [0.2, 0.25) is 17.8 Å². The zero-order chi connectivity index (χ0) is 52.6. The number of benzene rings is 3. The van der Waals surface area contributed by atoms with Gasteiger partial charge in [0.25, 0.3) is 0 Å². The van der Waals surface area contributed by atoms with Crippen molar-refractivity contribution in [1.29, 1.82) is 0 Å². The number of terminal acetylenes is 1. The van der Waals surface area contributed by atoms with E-state index in [4.69, 9.17) is 16.4 Å². The predicted molar refractivity (Wildman–Crippen MR) is 294 cm³/mol. The number of phenolic OH excluding ortho intramolecular Hbond substituents is 1. The molecule has 6 aromatic rings. The lowest BCUT2D eigenvalue weighted by Gasteiger charge is -2.40. The smallest absolute Gasteiger partial charge is 0.329 e. The molecule has 3 N–H and O–H groups in total. The van der Waals surface area contributed by atoms with Gasteiger partial charge in [-0.15, -0.1) is 6.42 Å². The van der Waals surface area contributed by atoms with E-state index in [1.54, 1.807) is 22.4 Å². The fourth-order valence-corrected chi connectivity index (χ4v) is 14.5. The second-order valence-electron chi connectivity index (χ2n) is 23.4. The van der Waals surface area contributed by atoms with Crippen LogP contribution in [0.4, 0.5) is 26.2 Å². The van der Waals surface area contributed by atoms with Crippen LogP contribution in [0.3, 0.4) is 0 Å². The molecule has 7 aliphatic rings. The number of imidazole rings is 1. The van der Waals surface area contributed by atoms with Gasteiger partial charge in [-0.2, -0.15) is 4.98 Å². The molecule has 7 fully saturated rings. The largest absolute Gasteiger partial charge is 0.508 e. The number of aromatic nitrogens is 5. The van der Waals surface area contributed by atoms with Crippen LogP contribution in [0, 0.1) is 41.7 Å². The van der Waals surface area contributed by atoms with Crippen LogP contribution in [0.15, 0.2) is 53.5 Å². The van der Waals surface area contributed by atoms with Gasteiger partial charge in [-0.05, 0) is 156 Å². The lowest BCUT2D eigenvalue weighted by atomic mass is 9.82.